The summed E-state index contributed by atoms with van der Waals surface area (Å²) in [5.41, 5.74) is 2.79. The van der Waals surface area contributed by atoms with Crippen molar-refractivity contribution < 1.29 is 0 Å². The van der Waals surface area contributed by atoms with Crippen LogP contribution in [0.4, 0.5) is 0 Å². The van der Waals surface area contributed by atoms with Gasteiger partial charge in [0.05, 0.1) is 0 Å². The lowest BCUT2D eigenvalue weighted by atomic mass is 9.83. The molecule has 1 aromatic rings. The summed E-state index contributed by atoms with van der Waals surface area (Å²) in [5, 5.41) is 3.77. The maximum Gasteiger partial charge on any atom is 0.0334 e. The number of aryl methyl sites for hydroxylation is 1. The minimum absolute atomic E-state index is 0.507. The van der Waals surface area contributed by atoms with Crippen molar-refractivity contribution in [3.05, 3.63) is 33.8 Å². The smallest absolute Gasteiger partial charge is 0.0334 e. The van der Waals surface area contributed by atoms with Crippen LogP contribution < -0.4 is 5.32 Å². The summed E-state index contributed by atoms with van der Waals surface area (Å²) in [6, 6.07) is 7.17. The summed E-state index contributed by atoms with van der Waals surface area (Å²) in [6.45, 7) is 5.54. The molecule has 20 heavy (non-hydrogen) atoms. The van der Waals surface area contributed by atoms with E-state index < -0.39 is 0 Å². The molecule has 1 aliphatic rings. The van der Waals surface area contributed by atoms with Gasteiger partial charge in [0, 0.05) is 10.5 Å². The van der Waals surface area contributed by atoms with Gasteiger partial charge in [-0.05, 0) is 43.4 Å². The highest BCUT2D eigenvalue weighted by Gasteiger charge is 2.21. The Hall–Kier alpha value is -0.340. The topological polar surface area (TPSA) is 12.0 Å². The van der Waals surface area contributed by atoms with Crippen molar-refractivity contribution in [3.8, 4) is 0 Å². The fourth-order valence-corrected chi connectivity index (χ4v) is 3.87. The van der Waals surface area contributed by atoms with E-state index in [1.807, 2.05) is 0 Å². The van der Waals surface area contributed by atoms with Crippen LogP contribution in [0.3, 0.4) is 0 Å². The second-order valence-electron chi connectivity index (χ2n) is 6.22. The number of rotatable bonds is 6. The lowest BCUT2D eigenvalue weighted by Gasteiger charge is -2.28. The SMILES string of the molecule is CCCNC(CC1CCCCC1)c1cccc(C)c1Br. The Morgan fingerprint density at radius 1 is 1.25 bits per heavy atom. The summed E-state index contributed by atoms with van der Waals surface area (Å²) >= 11 is 3.80. The molecule has 1 N–H and O–H groups in total. The third-order valence-electron chi connectivity index (χ3n) is 4.53. The predicted molar refractivity (Wildman–Crippen MR) is 91.1 cm³/mol. The van der Waals surface area contributed by atoms with Crippen LogP contribution in [0.5, 0.6) is 0 Å². The molecule has 2 rings (SSSR count). The number of hydrogen-bond acceptors (Lipinski definition) is 1. The Kier molecular flexibility index (Phi) is 6.57. The molecule has 1 nitrogen and oxygen atoms in total. The maximum absolute atomic E-state index is 3.80. The van der Waals surface area contributed by atoms with Crippen LogP contribution in [-0.4, -0.2) is 6.54 Å². The van der Waals surface area contributed by atoms with E-state index in [4.69, 9.17) is 0 Å². The van der Waals surface area contributed by atoms with E-state index in [2.05, 4.69) is 53.3 Å². The number of halogens is 1. The quantitative estimate of drug-likeness (QED) is 0.694. The highest BCUT2D eigenvalue weighted by Crippen LogP contribution is 2.35. The predicted octanol–water partition coefficient (Wildman–Crippen LogP) is 5.77. The van der Waals surface area contributed by atoms with Crippen LogP contribution in [0.1, 0.15) is 69.0 Å². The zero-order valence-corrected chi connectivity index (χ0v) is 14.5. The molecule has 1 fully saturated rings. The van der Waals surface area contributed by atoms with Crippen molar-refractivity contribution in [2.75, 3.05) is 6.54 Å². The maximum atomic E-state index is 3.80. The first kappa shape index (κ1) is 16.0. The minimum Gasteiger partial charge on any atom is -0.310 e. The summed E-state index contributed by atoms with van der Waals surface area (Å²) < 4.78 is 1.30. The van der Waals surface area contributed by atoms with E-state index in [-0.39, 0.29) is 0 Å². The molecule has 0 saturated heterocycles. The van der Waals surface area contributed by atoms with Crippen LogP contribution in [0, 0.1) is 12.8 Å². The molecule has 112 valence electrons. The van der Waals surface area contributed by atoms with E-state index >= 15 is 0 Å². The van der Waals surface area contributed by atoms with Gasteiger partial charge in [-0.1, -0.05) is 73.2 Å². The Balaban J connectivity index is 2.11. The van der Waals surface area contributed by atoms with Gasteiger partial charge in [0.1, 0.15) is 0 Å². The zero-order chi connectivity index (χ0) is 14.4. The molecule has 0 spiro atoms. The first-order valence-corrected chi connectivity index (χ1v) is 9.00. The van der Waals surface area contributed by atoms with Gasteiger partial charge in [0.25, 0.3) is 0 Å². The standard InChI is InChI=1S/C18H28BrN/c1-3-12-20-17(13-15-9-5-4-6-10-15)16-11-7-8-14(2)18(16)19/h7-8,11,15,17,20H,3-6,9-10,12-13H2,1-2H3. The second-order valence-corrected chi connectivity index (χ2v) is 7.02. The van der Waals surface area contributed by atoms with Gasteiger partial charge in [0.15, 0.2) is 0 Å². The fraction of sp³-hybridized carbons (Fsp3) is 0.667. The first-order valence-electron chi connectivity index (χ1n) is 8.20. The lowest BCUT2D eigenvalue weighted by Crippen LogP contribution is -2.25. The van der Waals surface area contributed by atoms with Crippen molar-refractivity contribution in [3.63, 3.8) is 0 Å². The molecule has 1 unspecified atom stereocenters. The molecular weight excluding hydrogens is 310 g/mol. The lowest BCUT2D eigenvalue weighted by molar-refractivity contribution is 0.299. The molecule has 1 atom stereocenters. The molecular formula is C18H28BrN. The summed E-state index contributed by atoms with van der Waals surface area (Å²) in [4.78, 5) is 0. The largest absolute Gasteiger partial charge is 0.310 e. The molecule has 0 radical (unpaired) electrons. The van der Waals surface area contributed by atoms with Crippen molar-refractivity contribution in [1.82, 2.24) is 5.32 Å². The van der Waals surface area contributed by atoms with Gasteiger partial charge in [-0.2, -0.15) is 0 Å². The molecule has 0 bridgehead atoms. The van der Waals surface area contributed by atoms with Crippen LogP contribution in [-0.2, 0) is 0 Å². The highest BCUT2D eigenvalue weighted by atomic mass is 79.9. The van der Waals surface area contributed by atoms with Gasteiger partial charge in [-0.15, -0.1) is 0 Å². The summed E-state index contributed by atoms with van der Waals surface area (Å²) in [7, 11) is 0. The Bertz CT molecular complexity index is 410. The fourth-order valence-electron chi connectivity index (χ4n) is 3.33. The highest BCUT2D eigenvalue weighted by molar-refractivity contribution is 9.10. The summed E-state index contributed by atoms with van der Waals surface area (Å²) in [5.74, 6) is 0.908. The average molecular weight is 338 g/mol. The van der Waals surface area contributed by atoms with Crippen LogP contribution >= 0.6 is 15.9 Å². The molecule has 0 amide bonds. The monoisotopic (exact) mass is 337 g/mol. The average Bonchev–Trinajstić information content (AvgIpc) is 2.48. The molecule has 0 heterocycles. The third kappa shape index (κ3) is 4.33. The van der Waals surface area contributed by atoms with Gasteiger partial charge in [0.2, 0.25) is 0 Å². The van der Waals surface area contributed by atoms with Gasteiger partial charge in [-0.3, -0.25) is 0 Å². The van der Waals surface area contributed by atoms with Crippen molar-refractivity contribution in [2.45, 2.75) is 64.8 Å². The van der Waals surface area contributed by atoms with E-state index in [1.54, 1.807) is 0 Å². The molecule has 0 aromatic heterocycles. The molecule has 2 heteroatoms. The first-order chi connectivity index (χ1) is 9.72. The Labute approximate surface area is 132 Å². The van der Waals surface area contributed by atoms with E-state index in [1.165, 1.54) is 60.5 Å². The Morgan fingerprint density at radius 2 is 2.00 bits per heavy atom. The van der Waals surface area contributed by atoms with Gasteiger partial charge in [-0.25, -0.2) is 0 Å². The number of hydrogen-bond donors (Lipinski definition) is 1. The Morgan fingerprint density at radius 3 is 2.70 bits per heavy atom. The van der Waals surface area contributed by atoms with Crippen molar-refractivity contribution in [1.29, 1.82) is 0 Å². The van der Waals surface area contributed by atoms with Crippen LogP contribution in [0.15, 0.2) is 22.7 Å². The number of benzene rings is 1. The van der Waals surface area contributed by atoms with Gasteiger partial charge >= 0.3 is 0 Å². The molecule has 1 aliphatic carbocycles. The zero-order valence-electron chi connectivity index (χ0n) is 12.9. The van der Waals surface area contributed by atoms with E-state index in [0.717, 1.165) is 12.5 Å². The van der Waals surface area contributed by atoms with E-state index in [0.29, 0.717) is 6.04 Å². The third-order valence-corrected chi connectivity index (χ3v) is 5.61. The van der Waals surface area contributed by atoms with Crippen molar-refractivity contribution >= 4 is 15.9 Å². The van der Waals surface area contributed by atoms with Gasteiger partial charge < -0.3 is 5.32 Å². The van der Waals surface area contributed by atoms with E-state index in [9.17, 15) is 0 Å². The molecule has 1 aromatic carbocycles. The molecule has 1 saturated carbocycles. The number of nitrogens with one attached hydrogen (secondary N) is 1. The van der Waals surface area contributed by atoms with Crippen LogP contribution in [0.25, 0.3) is 0 Å². The van der Waals surface area contributed by atoms with Crippen molar-refractivity contribution in [2.24, 2.45) is 5.92 Å². The molecule has 0 aliphatic heterocycles. The normalized spacial score (nSPS) is 18.1. The minimum atomic E-state index is 0.507. The van der Waals surface area contributed by atoms with Crippen LogP contribution in [0.2, 0.25) is 0 Å². The summed E-state index contributed by atoms with van der Waals surface area (Å²) in [6.07, 6.45) is 9.64. The second kappa shape index (κ2) is 8.19.